The first-order valence-corrected chi connectivity index (χ1v) is 8.14. The summed E-state index contributed by atoms with van der Waals surface area (Å²) >= 11 is 0. The highest BCUT2D eigenvalue weighted by atomic mass is 16.3. The smallest absolute Gasteiger partial charge is 0.170 e. The first kappa shape index (κ1) is 16.0. The molecule has 0 spiro atoms. The standard InChI is InChI=1S/C18H17N7O/c26-12-15-11-24(23-21-15)17-8-6-14(7-9-17)19-10-18-20-13-25(22-18)16-4-2-1-3-5-16/h1-9,11,13,19,26H,10,12H2. The summed E-state index contributed by atoms with van der Waals surface area (Å²) in [4.78, 5) is 4.33. The predicted molar refractivity (Wildman–Crippen MR) is 96.0 cm³/mol. The maximum Gasteiger partial charge on any atom is 0.170 e. The molecule has 0 saturated heterocycles. The van der Waals surface area contributed by atoms with Crippen molar-refractivity contribution in [1.82, 2.24) is 29.8 Å². The van der Waals surface area contributed by atoms with Gasteiger partial charge in [0.15, 0.2) is 5.82 Å². The largest absolute Gasteiger partial charge is 0.390 e. The first-order valence-electron chi connectivity index (χ1n) is 8.14. The zero-order valence-electron chi connectivity index (χ0n) is 13.9. The Morgan fingerprint density at radius 1 is 0.923 bits per heavy atom. The fourth-order valence-corrected chi connectivity index (χ4v) is 2.49. The van der Waals surface area contributed by atoms with E-state index in [-0.39, 0.29) is 6.61 Å². The van der Waals surface area contributed by atoms with Gasteiger partial charge in [-0.1, -0.05) is 23.4 Å². The van der Waals surface area contributed by atoms with Crippen LogP contribution in [0.1, 0.15) is 11.5 Å². The van der Waals surface area contributed by atoms with Crippen molar-refractivity contribution < 1.29 is 5.11 Å². The number of hydrogen-bond donors (Lipinski definition) is 2. The molecule has 0 radical (unpaired) electrons. The second-order valence-corrected chi connectivity index (χ2v) is 5.65. The van der Waals surface area contributed by atoms with E-state index >= 15 is 0 Å². The van der Waals surface area contributed by atoms with E-state index in [1.165, 1.54) is 0 Å². The van der Waals surface area contributed by atoms with Gasteiger partial charge >= 0.3 is 0 Å². The van der Waals surface area contributed by atoms with Crippen molar-refractivity contribution in [3.63, 3.8) is 0 Å². The summed E-state index contributed by atoms with van der Waals surface area (Å²) in [6, 6.07) is 17.6. The summed E-state index contributed by atoms with van der Waals surface area (Å²) in [6.45, 7) is 0.402. The Bertz CT molecular complexity index is 976. The molecule has 4 rings (SSSR count). The van der Waals surface area contributed by atoms with Crippen LogP contribution in [0.3, 0.4) is 0 Å². The zero-order chi connectivity index (χ0) is 17.8. The van der Waals surface area contributed by atoms with E-state index in [1.807, 2.05) is 54.6 Å². The summed E-state index contributed by atoms with van der Waals surface area (Å²) in [7, 11) is 0. The lowest BCUT2D eigenvalue weighted by molar-refractivity contribution is 0.276. The number of nitrogens with zero attached hydrogens (tertiary/aromatic N) is 6. The molecule has 0 fully saturated rings. The monoisotopic (exact) mass is 347 g/mol. The Hall–Kier alpha value is -3.52. The SMILES string of the molecule is OCc1cn(-c2ccc(NCc3ncn(-c4ccccc4)n3)cc2)nn1. The van der Waals surface area contributed by atoms with E-state index in [1.54, 1.807) is 21.9 Å². The molecule has 0 atom stereocenters. The van der Waals surface area contributed by atoms with Crippen LogP contribution in [-0.2, 0) is 13.2 Å². The number of hydrogen-bond acceptors (Lipinski definition) is 6. The number of rotatable bonds is 6. The van der Waals surface area contributed by atoms with E-state index in [2.05, 4.69) is 25.7 Å². The third-order valence-electron chi connectivity index (χ3n) is 3.85. The van der Waals surface area contributed by atoms with Crippen molar-refractivity contribution in [2.75, 3.05) is 5.32 Å². The van der Waals surface area contributed by atoms with Gasteiger partial charge in [-0.3, -0.25) is 0 Å². The number of aliphatic hydroxyl groups is 1. The minimum Gasteiger partial charge on any atom is -0.390 e. The van der Waals surface area contributed by atoms with Crippen LogP contribution in [0.25, 0.3) is 11.4 Å². The van der Waals surface area contributed by atoms with Crippen LogP contribution in [0.2, 0.25) is 0 Å². The number of aliphatic hydroxyl groups excluding tert-OH is 1. The highest BCUT2D eigenvalue weighted by molar-refractivity contribution is 5.48. The molecule has 0 saturated carbocycles. The third-order valence-corrected chi connectivity index (χ3v) is 3.85. The average Bonchev–Trinajstić information content (AvgIpc) is 3.37. The molecule has 0 aliphatic heterocycles. The Kier molecular flexibility index (Phi) is 4.40. The molecule has 0 unspecified atom stereocenters. The Morgan fingerprint density at radius 3 is 2.42 bits per heavy atom. The average molecular weight is 347 g/mol. The summed E-state index contributed by atoms with van der Waals surface area (Å²) in [5.74, 6) is 0.710. The van der Waals surface area contributed by atoms with Crippen LogP contribution in [-0.4, -0.2) is 34.9 Å². The lowest BCUT2D eigenvalue weighted by atomic mass is 10.3. The predicted octanol–water partition coefficient (Wildman–Crippen LogP) is 1.95. The van der Waals surface area contributed by atoms with Gasteiger partial charge in [0.25, 0.3) is 0 Å². The van der Waals surface area contributed by atoms with Gasteiger partial charge in [-0.2, -0.15) is 0 Å². The van der Waals surface area contributed by atoms with Gasteiger partial charge in [0.1, 0.15) is 12.0 Å². The molecule has 0 aliphatic rings. The quantitative estimate of drug-likeness (QED) is 0.554. The number of nitrogens with one attached hydrogen (secondary N) is 1. The van der Waals surface area contributed by atoms with E-state index in [0.29, 0.717) is 18.1 Å². The maximum absolute atomic E-state index is 9.06. The topological polar surface area (TPSA) is 93.7 Å². The summed E-state index contributed by atoms with van der Waals surface area (Å²) in [5.41, 5.74) is 3.33. The second kappa shape index (κ2) is 7.16. The van der Waals surface area contributed by atoms with Gasteiger partial charge in [-0.05, 0) is 36.4 Å². The molecule has 8 heteroatoms. The van der Waals surface area contributed by atoms with Gasteiger partial charge in [0, 0.05) is 5.69 Å². The lowest BCUT2D eigenvalue weighted by Gasteiger charge is -2.05. The van der Waals surface area contributed by atoms with E-state index in [0.717, 1.165) is 17.1 Å². The van der Waals surface area contributed by atoms with Gasteiger partial charge in [0.05, 0.1) is 30.7 Å². The van der Waals surface area contributed by atoms with Crippen LogP contribution >= 0.6 is 0 Å². The molecule has 0 amide bonds. The Morgan fingerprint density at radius 2 is 1.69 bits per heavy atom. The minimum atomic E-state index is -0.123. The van der Waals surface area contributed by atoms with Gasteiger partial charge in [-0.25, -0.2) is 14.3 Å². The number of aromatic nitrogens is 6. The number of para-hydroxylation sites is 1. The normalized spacial score (nSPS) is 10.8. The Balaban J connectivity index is 1.40. The van der Waals surface area contributed by atoms with Crippen LogP contribution in [0.4, 0.5) is 5.69 Å². The maximum atomic E-state index is 9.06. The molecule has 26 heavy (non-hydrogen) atoms. The first-order chi connectivity index (χ1) is 12.8. The van der Waals surface area contributed by atoms with Crippen LogP contribution in [0, 0.1) is 0 Å². The fourth-order valence-electron chi connectivity index (χ4n) is 2.49. The highest BCUT2D eigenvalue weighted by Gasteiger charge is 2.04. The van der Waals surface area contributed by atoms with Gasteiger partial charge in [-0.15, -0.1) is 10.2 Å². The molecule has 130 valence electrons. The van der Waals surface area contributed by atoms with Gasteiger partial charge < -0.3 is 10.4 Å². The van der Waals surface area contributed by atoms with Crippen LogP contribution < -0.4 is 5.32 Å². The lowest BCUT2D eigenvalue weighted by Crippen LogP contribution is -2.03. The minimum absolute atomic E-state index is 0.123. The molecule has 8 nitrogen and oxygen atoms in total. The second-order valence-electron chi connectivity index (χ2n) is 5.65. The molecular formula is C18H17N7O. The van der Waals surface area contributed by atoms with Crippen molar-refractivity contribution in [2.45, 2.75) is 13.2 Å². The summed E-state index contributed by atoms with van der Waals surface area (Å²) in [5, 5.41) is 24.7. The van der Waals surface area contributed by atoms with Crippen LogP contribution in [0.5, 0.6) is 0 Å². The van der Waals surface area contributed by atoms with Gasteiger partial charge in [0.2, 0.25) is 0 Å². The third kappa shape index (κ3) is 3.45. The highest BCUT2D eigenvalue weighted by Crippen LogP contribution is 2.14. The zero-order valence-corrected chi connectivity index (χ0v) is 13.9. The molecule has 2 aromatic heterocycles. The van der Waals surface area contributed by atoms with Crippen molar-refractivity contribution in [2.24, 2.45) is 0 Å². The molecular weight excluding hydrogens is 330 g/mol. The van der Waals surface area contributed by atoms with E-state index in [9.17, 15) is 0 Å². The van der Waals surface area contributed by atoms with Crippen LogP contribution in [0.15, 0.2) is 67.1 Å². The number of benzene rings is 2. The summed E-state index contributed by atoms with van der Waals surface area (Å²) < 4.78 is 3.38. The van der Waals surface area contributed by atoms with E-state index < -0.39 is 0 Å². The Labute approximate surface area is 149 Å². The van der Waals surface area contributed by atoms with E-state index in [4.69, 9.17) is 5.11 Å². The molecule has 4 aromatic rings. The van der Waals surface area contributed by atoms with Crippen molar-refractivity contribution in [3.05, 3.63) is 78.6 Å². The molecule has 0 aliphatic carbocycles. The van der Waals surface area contributed by atoms with Crippen molar-refractivity contribution in [3.8, 4) is 11.4 Å². The van der Waals surface area contributed by atoms with Crippen molar-refractivity contribution >= 4 is 5.69 Å². The van der Waals surface area contributed by atoms with Crippen molar-refractivity contribution in [1.29, 1.82) is 0 Å². The summed E-state index contributed by atoms with van der Waals surface area (Å²) in [6.07, 6.45) is 3.40. The fraction of sp³-hybridized carbons (Fsp3) is 0.111. The number of anilines is 1. The molecule has 2 N–H and O–H groups in total. The molecule has 2 aromatic carbocycles. The molecule has 0 bridgehead atoms. The molecule has 2 heterocycles.